The Hall–Kier alpha value is -1.13. The summed E-state index contributed by atoms with van der Waals surface area (Å²) >= 11 is 9.08. The highest BCUT2D eigenvalue weighted by molar-refractivity contribution is 9.10. The Labute approximate surface area is 112 Å². The lowest BCUT2D eigenvalue weighted by molar-refractivity contribution is 0.746. The molecule has 0 fully saturated rings. The lowest BCUT2D eigenvalue weighted by atomic mass is 10.2. The number of rotatable bonds is 2. The first-order valence-electron chi connectivity index (χ1n) is 5.03. The number of halogens is 2. The number of aryl methyl sites for hydroxylation is 1. The zero-order valence-electron chi connectivity index (χ0n) is 9.15. The summed E-state index contributed by atoms with van der Waals surface area (Å²) in [4.78, 5) is 15.9. The van der Waals surface area contributed by atoms with Gasteiger partial charge in [0.05, 0.1) is 6.54 Å². The molecule has 2 aromatic rings. The van der Waals surface area contributed by atoms with Crippen LogP contribution in [0.3, 0.4) is 0 Å². The molecule has 2 rings (SSSR count). The average molecular weight is 314 g/mol. The quantitative estimate of drug-likeness (QED) is 0.799. The van der Waals surface area contributed by atoms with Gasteiger partial charge in [0, 0.05) is 22.4 Å². The van der Waals surface area contributed by atoms with Crippen LogP contribution in [0.5, 0.6) is 0 Å². The van der Waals surface area contributed by atoms with Gasteiger partial charge in [0.1, 0.15) is 5.15 Å². The molecule has 0 saturated heterocycles. The van der Waals surface area contributed by atoms with Crippen molar-refractivity contribution in [2.45, 2.75) is 13.5 Å². The molecule has 0 aliphatic rings. The van der Waals surface area contributed by atoms with Crippen molar-refractivity contribution in [3.63, 3.8) is 0 Å². The van der Waals surface area contributed by atoms with E-state index in [4.69, 9.17) is 11.6 Å². The van der Waals surface area contributed by atoms with E-state index in [9.17, 15) is 4.79 Å². The van der Waals surface area contributed by atoms with E-state index in [1.54, 1.807) is 36.0 Å². The van der Waals surface area contributed by atoms with Crippen molar-refractivity contribution in [3.8, 4) is 0 Å². The summed E-state index contributed by atoms with van der Waals surface area (Å²) in [5.41, 5.74) is 1.65. The van der Waals surface area contributed by atoms with Crippen molar-refractivity contribution in [1.29, 1.82) is 0 Å². The Kier molecular flexibility index (Phi) is 3.64. The summed E-state index contributed by atoms with van der Waals surface area (Å²) in [5.74, 6) is 0. The summed E-state index contributed by atoms with van der Waals surface area (Å²) in [6.07, 6.45) is 3.44. The zero-order valence-corrected chi connectivity index (χ0v) is 11.5. The molecule has 0 N–H and O–H groups in total. The Morgan fingerprint density at radius 1 is 1.47 bits per heavy atom. The van der Waals surface area contributed by atoms with Gasteiger partial charge in [0.25, 0.3) is 5.56 Å². The molecular formula is C12H10BrClN2O. The highest BCUT2D eigenvalue weighted by atomic mass is 79.9. The SMILES string of the molecule is Cc1cc(Br)cn(Cc2ccc(Cl)nc2)c1=O. The minimum Gasteiger partial charge on any atom is -0.310 e. The molecule has 0 unspecified atom stereocenters. The van der Waals surface area contributed by atoms with E-state index in [0.717, 1.165) is 10.0 Å². The normalized spacial score (nSPS) is 10.5. The van der Waals surface area contributed by atoms with Gasteiger partial charge in [-0.05, 0) is 40.5 Å². The standard InChI is InChI=1S/C12H10BrClN2O/c1-8-4-10(13)7-16(12(8)17)6-9-2-3-11(14)15-5-9/h2-5,7H,6H2,1H3. The Morgan fingerprint density at radius 2 is 2.24 bits per heavy atom. The van der Waals surface area contributed by atoms with E-state index >= 15 is 0 Å². The molecule has 3 nitrogen and oxygen atoms in total. The van der Waals surface area contributed by atoms with Gasteiger partial charge in [-0.2, -0.15) is 0 Å². The summed E-state index contributed by atoms with van der Waals surface area (Å²) in [5, 5.41) is 0.450. The van der Waals surface area contributed by atoms with E-state index in [2.05, 4.69) is 20.9 Å². The molecule has 0 aromatic carbocycles. The Bertz CT molecular complexity index is 592. The number of aromatic nitrogens is 2. The van der Waals surface area contributed by atoms with Crippen LogP contribution in [-0.2, 0) is 6.54 Å². The van der Waals surface area contributed by atoms with E-state index < -0.39 is 0 Å². The molecule has 88 valence electrons. The zero-order chi connectivity index (χ0) is 12.4. The number of pyridine rings is 2. The third kappa shape index (κ3) is 2.96. The van der Waals surface area contributed by atoms with E-state index in [-0.39, 0.29) is 5.56 Å². The molecule has 0 amide bonds. The van der Waals surface area contributed by atoms with Crippen molar-refractivity contribution in [2.75, 3.05) is 0 Å². The van der Waals surface area contributed by atoms with E-state index in [0.29, 0.717) is 17.3 Å². The molecule has 0 aliphatic heterocycles. The first kappa shape index (κ1) is 12.3. The predicted octanol–water partition coefficient (Wildman–Crippen LogP) is 3.02. The molecule has 0 radical (unpaired) electrons. The largest absolute Gasteiger partial charge is 0.310 e. The fraction of sp³-hybridized carbons (Fsp3) is 0.167. The second-order valence-corrected chi connectivity index (χ2v) is 5.07. The van der Waals surface area contributed by atoms with Gasteiger partial charge in [-0.1, -0.05) is 17.7 Å². The van der Waals surface area contributed by atoms with Gasteiger partial charge in [-0.3, -0.25) is 4.79 Å². The third-order valence-corrected chi connectivity index (χ3v) is 3.03. The van der Waals surface area contributed by atoms with E-state index in [1.165, 1.54) is 0 Å². The van der Waals surface area contributed by atoms with Crippen molar-refractivity contribution >= 4 is 27.5 Å². The van der Waals surface area contributed by atoms with Crippen molar-refractivity contribution in [1.82, 2.24) is 9.55 Å². The molecule has 0 atom stereocenters. The maximum absolute atomic E-state index is 11.9. The van der Waals surface area contributed by atoms with Crippen LogP contribution in [0, 0.1) is 6.92 Å². The van der Waals surface area contributed by atoms with Crippen LogP contribution >= 0.6 is 27.5 Å². The topological polar surface area (TPSA) is 34.9 Å². The lowest BCUT2D eigenvalue weighted by Gasteiger charge is -2.07. The van der Waals surface area contributed by atoms with Crippen LogP contribution < -0.4 is 5.56 Å². The summed E-state index contributed by atoms with van der Waals surface area (Å²) in [6.45, 7) is 2.28. The summed E-state index contributed by atoms with van der Waals surface area (Å²) in [6, 6.07) is 5.38. The minimum atomic E-state index is 0.00292. The van der Waals surface area contributed by atoms with Crippen molar-refractivity contribution in [3.05, 3.63) is 61.7 Å². The lowest BCUT2D eigenvalue weighted by Crippen LogP contribution is -2.22. The van der Waals surface area contributed by atoms with Gasteiger partial charge in [0.15, 0.2) is 0 Å². The third-order valence-electron chi connectivity index (χ3n) is 2.37. The van der Waals surface area contributed by atoms with Crippen molar-refractivity contribution in [2.24, 2.45) is 0 Å². The predicted molar refractivity (Wildman–Crippen MR) is 71.5 cm³/mol. The van der Waals surface area contributed by atoms with Crippen LogP contribution in [-0.4, -0.2) is 9.55 Å². The van der Waals surface area contributed by atoms with Gasteiger partial charge >= 0.3 is 0 Å². The molecule has 5 heteroatoms. The molecular weight excluding hydrogens is 304 g/mol. The first-order valence-corrected chi connectivity index (χ1v) is 6.20. The smallest absolute Gasteiger partial charge is 0.253 e. The Morgan fingerprint density at radius 3 is 2.88 bits per heavy atom. The minimum absolute atomic E-state index is 0.00292. The fourth-order valence-electron chi connectivity index (χ4n) is 1.55. The number of nitrogens with zero attached hydrogens (tertiary/aromatic N) is 2. The van der Waals surface area contributed by atoms with Crippen LogP contribution in [0.2, 0.25) is 5.15 Å². The summed E-state index contributed by atoms with van der Waals surface area (Å²) in [7, 11) is 0. The Balaban J connectivity index is 2.36. The molecule has 17 heavy (non-hydrogen) atoms. The maximum Gasteiger partial charge on any atom is 0.253 e. The van der Waals surface area contributed by atoms with Crippen LogP contribution in [0.15, 0.2) is 39.9 Å². The molecule has 0 spiro atoms. The molecule has 0 bridgehead atoms. The monoisotopic (exact) mass is 312 g/mol. The first-order chi connectivity index (χ1) is 8.06. The second kappa shape index (κ2) is 5.02. The fourth-order valence-corrected chi connectivity index (χ4v) is 2.26. The summed E-state index contributed by atoms with van der Waals surface area (Å²) < 4.78 is 2.53. The van der Waals surface area contributed by atoms with Crippen molar-refractivity contribution < 1.29 is 0 Å². The molecule has 0 aliphatic carbocycles. The molecule has 2 aromatic heterocycles. The second-order valence-electron chi connectivity index (χ2n) is 3.76. The van der Waals surface area contributed by atoms with Gasteiger partial charge in [0.2, 0.25) is 0 Å². The highest BCUT2D eigenvalue weighted by Crippen LogP contribution is 2.10. The number of hydrogen-bond acceptors (Lipinski definition) is 2. The molecule has 0 saturated carbocycles. The van der Waals surface area contributed by atoms with Crippen LogP contribution in [0.4, 0.5) is 0 Å². The highest BCUT2D eigenvalue weighted by Gasteiger charge is 2.03. The maximum atomic E-state index is 11.9. The number of hydrogen-bond donors (Lipinski definition) is 0. The van der Waals surface area contributed by atoms with Gasteiger partial charge in [-0.25, -0.2) is 4.98 Å². The average Bonchev–Trinajstić information content (AvgIpc) is 2.28. The molecule has 2 heterocycles. The van der Waals surface area contributed by atoms with E-state index in [1.807, 2.05) is 6.07 Å². The van der Waals surface area contributed by atoms with Gasteiger partial charge < -0.3 is 4.57 Å². The van der Waals surface area contributed by atoms with Gasteiger partial charge in [-0.15, -0.1) is 0 Å². The van der Waals surface area contributed by atoms with Crippen LogP contribution in [0.1, 0.15) is 11.1 Å². The van der Waals surface area contributed by atoms with Crippen LogP contribution in [0.25, 0.3) is 0 Å².